The summed E-state index contributed by atoms with van der Waals surface area (Å²) in [4.78, 5) is 29.9. The number of imidazole rings is 1. The van der Waals surface area contributed by atoms with Crippen molar-refractivity contribution in [2.75, 3.05) is 6.61 Å². The third-order valence-electron chi connectivity index (χ3n) is 5.71. The highest BCUT2D eigenvalue weighted by Gasteiger charge is 2.68. The molecule has 29 heavy (non-hydrogen) atoms. The Morgan fingerprint density at radius 2 is 2.14 bits per heavy atom. The lowest BCUT2D eigenvalue weighted by Crippen LogP contribution is -2.75. The number of carbonyl (C=O) groups excluding carboxylic acids is 2. The van der Waals surface area contributed by atoms with Crippen molar-refractivity contribution in [3.8, 4) is 5.75 Å². The van der Waals surface area contributed by atoms with Gasteiger partial charge in [-0.2, -0.15) is 0 Å². The molecule has 3 aliphatic rings. The molecule has 0 atom stereocenters. The van der Waals surface area contributed by atoms with Gasteiger partial charge in [0.15, 0.2) is 10.7 Å². The van der Waals surface area contributed by atoms with Crippen LogP contribution in [0.4, 0.5) is 4.39 Å². The maximum Gasteiger partial charge on any atom is 0.271 e. The average Bonchev–Trinajstić information content (AvgIpc) is 3.21. The molecule has 0 unspecified atom stereocenters. The van der Waals surface area contributed by atoms with Crippen LogP contribution in [0.1, 0.15) is 36.2 Å². The van der Waals surface area contributed by atoms with Gasteiger partial charge in [-0.25, -0.2) is 9.37 Å². The molecule has 1 aromatic carbocycles. The highest BCUT2D eigenvalue weighted by atomic mass is 35.5. The minimum absolute atomic E-state index is 0.0141. The number of hydrogen-bond donors (Lipinski definition) is 1. The maximum absolute atomic E-state index is 13.4. The molecule has 1 amide bonds. The van der Waals surface area contributed by atoms with E-state index in [-0.39, 0.29) is 40.0 Å². The van der Waals surface area contributed by atoms with Crippen molar-refractivity contribution in [2.24, 2.45) is 5.41 Å². The van der Waals surface area contributed by atoms with Crippen LogP contribution in [-0.4, -0.2) is 33.2 Å². The smallest absolute Gasteiger partial charge is 0.271 e. The fourth-order valence-electron chi connectivity index (χ4n) is 4.66. The van der Waals surface area contributed by atoms with E-state index in [0.29, 0.717) is 12.1 Å². The van der Waals surface area contributed by atoms with Gasteiger partial charge in [0.1, 0.15) is 23.9 Å². The first-order chi connectivity index (χ1) is 13.9. The number of rotatable bonds is 7. The standard InChI is InChI=1S/C20H17ClFN3O3S/c21-14-2-1-13(5-15(14)22)28-8-12(26)6-19-9-20(10-19,11-19)24-17(27)16-7-25-3-4-29-18(25)23-16/h1-5,7H,6,8-11H2,(H,24,27). The second kappa shape index (κ2) is 6.53. The van der Waals surface area contributed by atoms with E-state index in [1.165, 1.54) is 29.5 Å². The van der Waals surface area contributed by atoms with Crippen molar-refractivity contribution >= 4 is 39.6 Å². The van der Waals surface area contributed by atoms with Crippen LogP contribution in [0.15, 0.2) is 36.0 Å². The second-order valence-electron chi connectivity index (χ2n) is 8.06. The Hall–Kier alpha value is -2.45. The number of ether oxygens (including phenoxy) is 1. The van der Waals surface area contributed by atoms with Crippen LogP contribution < -0.4 is 10.1 Å². The maximum atomic E-state index is 13.4. The highest BCUT2D eigenvalue weighted by molar-refractivity contribution is 7.15. The molecule has 3 aliphatic carbocycles. The van der Waals surface area contributed by atoms with Crippen LogP contribution in [0.25, 0.3) is 4.96 Å². The zero-order valence-electron chi connectivity index (χ0n) is 15.3. The Kier molecular flexibility index (Phi) is 4.18. The van der Waals surface area contributed by atoms with Crippen LogP contribution in [0, 0.1) is 11.2 Å². The molecule has 6 nitrogen and oxygen atoms in total. The summed E-state index contributed by atoms with van der Waals surface area (Å²) in [7, 11) is 0. The molecule has 0 saturated heterocycles. The van der Waals surface area contributed by atoms with E-state index in [2.05, 4.69) is 10.3 Å². The van der Waals surface area contributed by atoms with Gasteiger partial charge in [0.05, 0.1) is 5.02 Å². The zero-order chi connectivity index (χ0) is 20.2. The minimum Gasteiger partial charge on any atom is -0.486 e. The normalized spacial score (nSPS) is 24.6. The van der Waals surface area contributed by atoms with Crippen LogP contribution in [0.5, 0.6) is 5.75 Å². The summed E-state index contributed by atoms with van der Waals surface area (Å²) in [6, 6.07) is 4.10. The fraction of sp³-hybridized carbons (Fsp3) is 0.350. The van der Waals surface area contributed by atoms with Crippen LogP contribution in [0.3, 0.4) is 0 Å². The van der Waals surface area contributed by atoms with E-state index in [1.54, 1.807) is 6.20 Å². The van der Waals surface area contributed by atoms with E-state index in [1.807, 2.05) is 16.0 Å². The monoisotopic (exact) mass is 433 g/mol. The number of benzene rings is 1. The number of thiazole rings is 1. The largest absolute Gasteiger partial charge is 0.486 e. The summed E-state index contributed by atoms with van der Waals surface area (Å²) in [5.41, 5.74) is 0.150. The number of nitrogens with one attached hydrogen (secondary N) is 1. The van der Waals surface area contributed by atoms with E-state index >= 15 is 0 Å². The molecule has 0 radical (unpaired) electrons. The molecule has 6 rings (SSSR count). The van der Waals surface area contributed by atoms with E-state index in [9.17, 15) is 14.0 Å². The number of aromatic nitrogens is 2. The third-order valence-corrected chi connectivity index (χ3v) is 6.79. The first-order valence-electron chi connectivity index (χ1n) is 9.20. The lowest BCUT2D eigenvalue weighted by atomic mass is 9.38. The van der Waals surface area contributed by atoms with Crippen molar-refractivity contribution in [1.82, 2.24) is 14.7 Å². The molecule has 9 heteroatoms. The number of amides is 1. The molecule has 2 aromatic heterocycles. The second-order valence-corrected chi connectivity index (χ2v) is 9.34. The molecule has 1 N–H and O–H groups in total. The molecule has 2 heterocycles. The number of carbonyl (C=O) groups is 2. The quantitative estimate of drug-likeness (QED) is 0.613. The van der Waals surface area contributed by atoms with Crippen molar-refractivity contribution in [1.29, 1.82) is 0 Å². The van der Waals surface area contributed by atoms with Gasteiger partial charge in [0.25, 0.3) is 5.91 Å². The predicted octanol–water partition coefficient (Wildman–Crippen LogP) is 3.88. The van der Waals surface area contributed by atoms with Crippen molar-refractivity contribution in [3.63, 3.8) is 0 Å². The predicted molar refractivity (Wildman–Crippen MR) is 106 cm³/mol. The lowest BCUT2D eigenvalue weighted by Gasteiger charge is -2.70. The topological polar surface area (TPSA) is 72.7 Å². The molecule has 3 fully saturated rings. The summed E-state index contributed by atoms with van der Waals surface area (Å²) in [6.07, 6.45) is 6.36. The van der Waals surface area contributed by atoms with Crippen molar-refractivity contribution < 1.29 is 18.7 Å². The molecule has 0 aliphatic heterocycles. The Labute approximate surface area is 174 Å². The fourth-order valence-corrected chi connectivity index (χ4v) is 5.48. The molecule has 150 valence electrons. The van der Waals surface area contributed by atoms with Crippen LogP contribution in [-0.2, 0) is 4.79 Å². The molecule has 0 spiro atoms. The first kappa shape index (κ1) is 18.6. The Balaban J connectivity index is 1.11. The average molecular weight is 434 g/mol. The molecule has 3 aromatic rings. The number of ketones is 1. The van der Waals surface area contributed by atoms with Gasteiger partial charge in [-0.05, 0) is 36.8 Å². The number of halogens is 2. The lowest BCUT2D eigenvalue weighted by molar-refractivity contribution is -0.162. The highest BCUT2D eigenvalue weighted by Crippen LogP contribution is 2.69. The van der Waals surface area contributed by atoms with Gasteiger partial charge in [-0.1, -0.05) is 11.6 Å². The molecule has 3 saturated carbocycles. The van der Waals surface area contributed by atoms with Crippen molar-refractivity contribution in [3.05, 3.63) is 52.5 Å². The summed E-state index contributed by atoms with van der Waals surface area (Å²) in [5, 5.41) is 5.02. The Morgan fingerprint density at radius 1 is 1.34 bits per heavy atom. The van der Waals surface area contributed by atoms with Gasteiger partial charge in [0, 0.05) is 35.8 Å². The van der Waals surface area contributed by atoms with Gasteiger partial charge in [-0.3, -0.25) is 14.0 Å². The SMILES string of the molecule is O=C(COc1ccc(Cl)c(F)c1)CC12CC(NC(=O)c3cn4ccsc4n3)(C1)C2. The van der Waals surface area contributed by atoms with Gasteiger partial charge in [0.2, 0.25) is 0 Å². The number of nitrogens with zero attached hydrogens (tertiary/aromatic N) is 2. The number of hydrogen-bond acceptors (Lipinski definition) is 5. The summed E-state index contributed by atoms with van der Waals surface area (Å²) in [5.74, 6) is -0.504. The van der Waals surface area contributed by atoms with Gasteiger partial charge >= 0.3 is 0 Å². The molecular weight excluding hydrogens is 417 g/mol. The third kappa shape index (κ3) is 3.30. The first-order valence-corrected chi connectivity index (χ1v) is 10.5. The van der Waals surface area contributed by atoms with Gasteiger partial charge in [-0.15, -0.1) is 11.3 Å². The zero-order valence-corrected chi connectivity index (χ0v) is 16.9. The van der Waals surface area contributed by atoms with Crippen LogP contribution in [0.2, 0.25) is 5.02 Å². The van der Waals surface area contributed by atoms with Gasteiger partial charge < -0.3 is 10.1 Å². The Bertz CT molecular complexity index is 1090. The summed E-state index contributed by atoms with van der Waals surface area (Å²) < 4.78 is 20.6. The summed E-state index contributed by atoms with van der Waals surface area (Å²) >= 11 is 7.11. The van der Waals surface area contributed by atoms with E-state index in [4.69, 9.17) is 16.3 Å². The molecule has 2 bridgehead atoms. The Morgan fingerprint density at radius 3 is 2.86 bits per heavy atom. The number of Topliss-reactive ketones (excluding diaryl/α,β-unsaturated/α-hetero) is 1. The van der Waals surface area contributed by atoms with E-state index < -0.39 is 5.82 Å². The van der Waals surface area contributed by atoms with Crippen molar-refractivity contribution in [2.45, 2.75) is 31.2 Å². The van der Waals surface area contributed by atoms with Crippen LogP contribution >= 0.6 is 22.9 Å². The van der Waals surface area contributed by atoms with E-state index in [0.717, 1.165) is 24.2 Å². The minimum atomic E-state index is -0.578. The molecular formula is C20H17ClFN3O3S. The number of fused-ring (bicyclic) bond motifs is 1. The summed E-state index contributed by atoms with van der Waals surface area (Å²) in [6.45, 7) is -0.104.